The zero-order valence-electron chi connectivity index (χ0n) is 33.1. The minimum absolute atomic E-state index is 0.326. The van der Waals surface area contributed by atoms with Crippen molar-refractivity contribution in [3.05, 3.63) is 89.5 Å². The standard InChI is InChI=1S/C46H55NO9/c1-47(2)42-16-7-37(8-17-42)6-9-39-11-13-41-14-18-43-38(10-12-40-15-19-44(39)46(41)45(40)43)5-4-20-49-23-24-51-27-28-53-31-32-55-35-36-56-34-33-54-30-29-52-26-25-50-22-21-48-3/h7-8,10-19H,20-36H2,1-3H3. The predicted octanol–water partition coefficient (Wildman–Crippen LogP) is 6.18. The van der Waals surface area contributed by atoms with Crippen molar-refractivity contribution < 1.29 is 42.6 Å². The van der Waals surface area contributed by atoms with Gasteiger partial charge in [0.2, 0.25) is 0 Å². The molecule has 0 heterocycles. The molecule has 298 valence electrons. The third-order valence-electron chi connectivity index (χ3n) is 8.82. The van der Waals surface area contributed by atoms with Crippen molar-refractivity contribution in [1.29, 1.82) is 0 Å². The lowest BCUT2D eigenvalue weighted by molar-refractivity contribution is -0.0238. The zero-order chi connectivity index (χ0) is 39.0. The number of anilines is 1. The third kappa shape index (κ3) is 14.0. The van der Waals surface area contributed by atoms with Gasteiger partial charge in [-0.05, 0) is 68.7 Å². The third-order valence-corrected chi connectivity index (χ3v) is 8.82. The SMILES string of the molecule is COCCOCCOCCOCCOCCOCCOCCOCCOCC#Cc1ccc2ccc3c(C#Cc4ccc(N(C)C)cc4)ccc4ccc1c2c43. The first-order valence-electron chi connectivity index (χ1n) is 19.3. The highest BCUT2D eigenvalue weighted by Crippen LogP contribution is 2.37. The normalized spacial score (nSPS) is 11.3. The second-order valence-corrected chi connectivity index (χ2v) is 13.0. The lowest BCUT2D eigenvalue weighted by Crippen LogP contribution is -2.15. The summed E-state index contributed by atoms with van der Waals surface area (Å²) in [6, 6.07) is 25.6. The van der Waals surface area contributed by atoms with Crippen molar-refractivity contribution in [1.82, 2.24) is 0 Å². The molecule has 0 aromatic heterocycles. The number of methoxy groups -OCH3 is 1. The predicted molar refractivity (Wildman–Crippen MR) is 222 cm³/mol. The van der Waals surface area contributed by atoms with Crippen LogP contribution < -0.4 is 4.90 Å². The smallest absolute Gasteiger partial charge is 0.108 e. The Kier molecular flexibility index (Phi) is 19.2. The van der Waals surface area contributed by atoms with Crippen molar-refractivity contribution in [2.45, 2.75) is 0 Å². The number of hydrogen-bond acceptors (Lipinski definition) is 10. The molecule has 0 radical (unpaired) electrons. The molecule has 0 N–H and O–H groups in total. The van der Waals surface area contributed by atoms with Gasteiger partial charge in [-0.3, -0.25) is 0 Å². The molecule has 10 heteroatoms. The van der Waals surface area contributed by atoms with Crippen LogP contribution in [0.4, 0.5) is 5.69 Å². The topological polar surface area (TPSA) is 86.3 Å². The Bertz CT molecular complexity index is 1990. The molecule has 5 rings (SSSR count). The van der Waals surface area contributed by atoms with E-state index < -0.39 is 0 Å². The molecule has 0 bridgehead atoms. The van der Waals surface area contributed by atoms with E-state index >= 15 is 0 Å². The highest BCUT2D eigenvalue weighted by Gasteiger charge is 2.12. The summed E-state index contributed by atoms with van der Waals surface area (Å²) in [7, 11) is 5.72. The maximum atomic E-state index is 5.72. The number of ether oxygens (including phenoxy) is 9. The second-order valence-electron chi connectivity index (χ2n) is 13.0. The first-order valence-corrected chi connectivity index (χ1v) is 19.3. The van der Waals surface area contributed by atoms with Gasteiger partial charge in [0.25, 0.3) is 0 Å². The molecule has 10 nitrogen and oxygen atoms in total. The molecule has 5 aromatic rings. The number of rotatable bonds is 26. The fraction of sp³-hybridized carbons (Fsp3) is 0.435. The van der Waals surface area contributed by atoms with E-state index in [0.717, 1.165) is 33.2 Å². The average Bonchev–Trinajstić information content (AvgIpc) is 3.22. The Morgan fingerprint density at radius 3 is 1.23 bits per heavy atom. The van der Waals surface area contributed by atoms with Crippen molar-refractivity contribution in [3.63, 3.8) is 0 Å². The molecule has 0 saturated carbocycles. The van der Waals surface area contributed by atoms with E-state index in [4.69, 9.17) is 42.6 Å². The summed E-state index contributed by atoms with van der Waals surface area (Å²) < 4.78 is 49.1. The van der Waals surface area contributed by atoms with E-state index in [1.54, 1.807) is 7.11 Å². The van der Waals surface area contributed by atoms with Crippen LogP contribution in [0.2, 0.25) is 0 Å². The van der Waals surface area contributed by atoms with Gasteiger partial charge in [-0.25, -0.2) is 0 Å². The van der Waals surface area contributed by atoms with Gasteiger partial charge < -0.3 is 47.5 Å². The number of nitrogens with zero attached hydrogens (tertiary/aromatic N) is 1. The molecule has 0 amide bonds. The Balaban J connectivity index is 0.915. The van der Waals surface area contributed by atoms with Crippen LogP contribution in [0, 0.1) is 23.7 Å². The van der Waals surface area contributed by atoms with E-state index in [2.05, 4.69) is 101 Å². The Morgan fingerprint density at radius 2 is 0.804 bits per heavy atom. The molecular weight excluding hydrogens is 711 g/mol. The van der Waals surface area contributed by atoms with Gasteiger partial charge in [0.1, 0.15) is 6.61 Å². The van der Waals surface area contributed by atoms with E-state index in [1.807, 2.05) is 14.1 Å². The van der Waals surface area contributed by atoms with Gasteiger partial charge in [-0.1, -0.05) is 60.1 Å². The van der Waals surface area contributed by atoms with Crippen LogP contribution >= 0.6 is 0 Å². The van der Waals surface area contributed by atoms with Crippen LogP contribution in [0.3, 0.4) is 0 Å². The molecular formula is C46H55NO9. The molecule has 0 atom stereocenters. The number of benzene rings is 5. The second kappa shape index (κ2) is 25.1. The van der Waals surface area contributed by atoms with Crippen LogP contribution in [0.5, 0.6) is 0 Å². The minimum atomic E-state index is 0.326. The lowest BCUT2D eigenvalue weighted by atomic mass is 9.90. The van der Waals surface area contributed by atoms with E-state index in [9.17, 15) is 0 Å². The van der Waals surface area contributed by atoms with Crippen molar-refractivity contribution in [3.8, 4) is 23.7 Å². The van der Waals surface area contributed by atoms with Crippen molar-refractivity contribution in [2.75, 3.05) is 138 Å². The van der Waals surface area contributed by atoms with Crippen molar-refractivity contribution >= 4 is 38.0 Å². The summed E-state index contributed by atoms with van der Waals surface area (Å²) in [5.74, 6) is 13.3. The summed E-state index contributed by atoms with van der Waals surface area (Å²) in [6.45, 7) is 8.64. The van der Waals surface area contributed by atoms with Gasteiger partial charge in [0.05, 0.1) is 106 Å². The summed E-state index contributed by atoms with van der Waals surface area (Å²) in [6.07, 6.45) is 0. The fourth-order valence-corrected chi connectivity index (χ4v) is 5.94. The van der Waals surface area contributed by atoms with Gasteiger partial charge in [0.15, 0.2) is 0 Å². The highest BCUT2D eigenvalue weighted by molar-refractivity contribution is 6.24. The molecule has 0 aliphatic heterocycles. The van der Waals surface area contributed by atoms with Crippen LogP contribution in [0.1, 0.15) is 16.7 Å². The van der Waals surface area contributed by atoms with Gasteiger partial charge >= 0.3 is 0 Å². The molecule has 0 unspecified atom stereocenters. The fourth-order valence-electron chi connectivity index (χ4n) is 5.94. The van der Waals surface area contributed by atoms with Crippen molar-refractivity contribution in [2.24, 2.45) is 0 Å². The highest BCUT2D eigenvalue weighted by atomic mass is 16.6. The summed E-state index contributed by atoms with van der Waals surface area (Å²) in [5, 5.41) is 7.11. The maximum absolute atomic E-state index is 5.72. The Morgan fingerprint density at radius 1 is 0.411 bits per heavy atom. The molecule has 0 aliphatic carbocycles. The van der Waals surface area contributed by atoms with Crippen LogP contribution in [0.25, 0.3) is 32.3 Å². The van der Waals surface area contributed by atoms with E-state index in [1.165, 1.54) is 21.5 Å². The minimum Gasteiger partial charge on any atom is -0.382 e. The lowest BCUT2D eigenvalue weighted by Gasteiger charge is -2.13. The molecule has 56 heavy (non-hydrogen) atoms. The van der Waals surface area contributed by atoms with Crippen LogP contribution in [-0.2, 0) is 42.6 Å². The Labute approximate surface area is 331 Å². The molecule has 0 aliphatic rings. The van der Waals surface area contributed by atoms with E-state index in [0.29, 0.717) is 112 Å². The van der Waals surface area contributed by atoms with Gasteiger partial charge in [0, 0.05) is 43.6 Å². The molecule has 0 spiro atoms. The molecule has 5 aromatic carbocycles. The molecule has 0 fully saturated rings. The summed E-state index contributed by atoms with van der Waals surface area (Å²) in [5.41, 5.74) is 4.15. The quantitative estimate of drug-likeness (QED) is 0.0370. The average molecular weight is 766 g/mol. The van der Waals surface area contributed by atoms with Crippen LogP contribution in [-0.4, -0.2) is 134 Å². The monoisotopic (exact) mass is 765 g/mol. The van der Waals surface area contributed by atoms with Gasteiger partial charge in [-0.2, -0.15) is 0 Å². The first-order chi connectivity index (χ1) is 27.7. The Hall–Kier alpha value is -4.30. The first kappa shape index (κ1) is 42.8. The van der Waals surface area contributed by atoms with E-state index in [-0.39, 0.29) is 0 Å². The summed E-state index contributed by atoms with van der Waals surface area (Å²) in [4.78, 5) is 2.09. The maximum Gasteiger partial charge on any atom is 0.108 e. The molecule has 0 saturated heterocycles. The van der Waals surface area contributed by atoms with Crippen LogP contribution in [0.15, 0.2) is 72.8 Å². The number of hydrogen-bond donors (Lipinski definition) is 0. The summed E-state index contributed by atoms with van der Waals surface area (Å²) >= 11 is 0. The zero-order valence-corrected chi connectivity index (χ0v) is 33.1. The van der Waals surface area contributed by atoms with Gasteiger partial charge in [-0.15, -0.1) is 0 Å². The largest absolute Gasteiger partial charge is 0.382 e.